The van der Waals surface area contributed by atoms with Gasteiger partial charge in [-0.05, 0) is 18.6 Å². The molecule has 2 unspecified atom stereocenters. The molecule has 2 heterocycles. The van der Waals surface area contributed by atoms with Crippen molar-refractivity contribution in [1.82, 2.24) is 9.55 Å². The smallest absolute Gasteiger partial charge is 0.336 e. The summed E-state index contributed by atoms with van der Waals surface area (Å²) in [6, 6.07) is 0. The number of hydrogen-bond acceptors (Lipinski definition) is 5. The lowest BCUT2D eigenvalue weighted by molar-refractivity contribution is -0.127. The van der Waals surface area contributed by atoms with Gasteiger partial charge in [0, 0.05) is 11.8 Å². The van der Waals surface area contributed by atoms with E-state index in [-0.39, 0.29) is 0 Å². The fourth-order valence-electron chi connectivity index (χ4n) is 1.81. The molecule has 3 N–H and O–H groups in total. The average molecular weight is 318 g/mol. The van der Waals surface area contributed by atoms with Crippen molar-refractivity contribution in [2.75, 3.05) is 6.35 Å². The van der Waals surface area contributed by atoms with Crippen LogP contribution in [0.15, 0.2) is 27.9 Å². The summed E-state index contributed by atoms with van der Waals surface area (Å²) in [5, 5.41) is 0. The van der Waals surface area contributed by atoms with Crippen LogP contribution in [0, 0.1) is 0 Å². The van der Waals surface area contributed by atoms with E-state index >= 15 is 0 Å². The predicted molar refractivity (Wildman–Crippen MR) is 71.7 cm³/mol. The van der Waals surface area contributed by atoms with Crippen LogP contribution in [-0.2, 0) is 20.5 Å². The van der Waals surface area contributed by atoms with Crippen molar-refractivity contribution in [3.8, 4) is 0 Å². The van der Waals surface area contributed by atoms with E-state index in [9.17, 15) is 14.2 Å². The Morgan fingerprint density at radius 2 is 2.14 bits per heavy atom. The van der Waals surface area contributed by atoms with Gasteiger partial charge in [0.2, 0.25) is 0 Å². The van der Waals surface area contributed by atoms with Gasteiger partial charge in [0.05, 0.1) is 0 Å². The zero-order valence-corrected chi connectivity index (χ0v) is 12.0. The Morgan fingerprint density at radius 3 is 2.76 bits per heavy atom. The molecule has 0 saturated heterocycles. The summed E-state index contributed by atoms with van der Waals surface area (Å²) in [4.78, 5) is 42.8. The third-order valence-corrected chi connectivity index (χ3v) is 3.30. The van der Waals surface area contributed by atoms with Gasteiger partial charge in [-0.2, -0.15) is 0 Å². The monoisotopic (exact) mass is 318 g/mol. The number of aromatic nitrogens is 2. The first-order chi connectivity index (χ1) is 9.80. The van der Waals surface area contributed by atoms with Crippen molar-refractivity contribution in [3.05, 3.63) is 44.8 Å². The van der Waals surface area contributed by atoms with Crippen LogP contribution in [0.2, 0.25) is 0 Å². The van der Waals surface area contributed by atoms with E-state index in [1.807, 2.05) is 0 Å². The molecule has 0 saturated carbocycles. The van der Waals surface area contributed by atoms with E-state index in [4.69, 9.17) is 19.3 Å². The molecule has 9 nitrogen and oxygen atoms in total. The molecule has 1 aromatic rings. The minimum atomic E-state index is -4.29. The van der Waals surface area contributed by atoms with Gasteiger partial charge in [-0.1, -0.05) is 6.92 Å². The van der Waals surface area contributed by atoms with Gasteiger partial charge >= 0.3 is 13.3 Å². The number of hydrogen-bond donors (Lipinski definition) is 3. The lowest BCUT2D eigenvalue weighted by Gasteiger charge is -2.17. The molecule has 1 aromatic heterocycles. The first-order valence-electron chi connectivity index (χ1n) is 6.14. The van der Waals surface area contributed by atoms with Gasteiger partial charge in [0.25, 0.3) is 5.56 Å². The highest BCUT2D eigenvalue weighted by molar-refractivity contribution is 7.51. The first kappa shape index (κ1) is 15.9. The van der Waals surface area contributed by atoms with Gasteiger partial charge in [0.15, 0.2) is 18.9 Å². The number of nitrogens with zero attached hydrogens (tertiary/aromatic N) is 1. The summed E-state index contributed by atoms with van der Waals surface area (Å²) < 4.78 is 22.1. The Morgan fingerprint density at radius 1 is 1.43 bits per heavy atom. The summed E-state index contributed by atoms with van der Waals surface area (Å²) in [5.41, 5.74) is -0.663. The SMILES string of the molecule is CCc1cn(C2C=CC(OCP(=O)(O)O)O2)c(=O)[nH]c1=O. The van der Waals surface area contributed by atoms with E-state index < -0.39 is 37.7 Å². The molecule has 116 valence electrons. The van der Waals surface area contributed by atoms with Crippen molar-refractivity contribution in [1.29, 1.82) is 0 Å². The zero-order valence-electron chi connectivity index (χ0n) is 11.1. The van der Waals surface area contributed by atoms with E-state index in [1.54, 1.807) is 6.92 Å². The van der Waals surface area contributed by atoms with Gasteiger partial charge in [-0.3, -0.25) is 18.9 Å². The Labute approximate surface area is 119 Å². The van der Waals surface area contributed by atoms with Gasteiger partial charge in [-0.25, -0.2) is 4.79 Å². The predicted octanol–water partition coefficient (Wildman–Crippen LogP) is -0.338. The number of H-pyrrole nitrogens is 1. The summed E-state index contributed by atoms with van der Waals surface area (Å²) in [7, 11) is -4.29. The maximum Gasteiger partial charge on any atom is 0.351 e. The first-order valence-corrected chi connectivity index (χ1v) is 7.94. The standard InChI is InChI=1S/C11H15N2O7P/c1-2-7-5-13(11(15)12-10(7)14)8-3-4-9(20-8)19-6-21(16,17)18/h3-5,8-9H,2,6H2,1H3,(H,12,14,15)(H2,16,17,18). The molecule has 1 aliphatic heterocycles. The largest absolute Gasteiger partial charge is 0.351 e. The molecule has 0 aromatic carbocycles. The number of rotatable bonds is 5. The number of aromatic amines is 1. The summed E-state index contributed by atoms with van der Waals surface area (Å²) in [5.74, 6) is 0. The molecule has 1 aliphatic rings. The van der Waals surface area contributed by atoms with E-state index in [0.29, 0.717) is 12.0 Å². The van der Waals surface area contributed by atoms with E-state index in [0.717, 1.165) is 0 Å². The third kappa shape index (κ3) is 3.99. The van der Waals surface area contributed by atoms with Gasteiger partial charge < -0.3 is 19.3 Å². The number of nitrogens with one attached hydrogen (secondary N) is 1. The van der Waals surface area contributed by atoms with Crippen LogP contribution in [0.3, 0.4) is 0 Å². The van der Waals surface area contributed by atoms with Crippen LogP contribution >= 0.6 is 7.60 Å². The Kier molecular flexibility index (Phi) is 4.60. The molecule has 2 rings (SSSR count). The second-order valence-corrected chi connectivity index (χ2v) is 6.00. The normalized spacial score (nSPS) is 21.9. The molecule has 21 heavy (non-hydrogen) atoms. The maximum atomic E-state index is 11.7. The molecule has 0 amide bonds. The highest BCUT2D eigenvalue weighted by Crippen LogP contribution is 2.35. The van der Waals surface area contributed by atoms with Crippen molar-refractivity contribution < 1.29 is 23.8 Å². The molecular formula is C11H15N2O7P. The minimum absolute atomic E-state index is 0.422. The van der Waals surface area contributed by atoms with E-state index in [2.05, 4.69) is 4.98 Å². The van der Waals surface area contributed by atoms with Crippen molar-refractivity contribution in [2.24, 2.45) is 0 Å². The van der Waals surface area contributed by atoms with Gasteiger partial charge in [-0.15, -0.1) is 0 Å². The van der Waals surface area contributed by atoms with E-state index in [1.165, 1.54) is 22.9 Å². The third-order valence-electron chi connectivity index (χ3n) is 2.81. The molecular weight excluding hydrogens is 303 g/mol. The molecule has 0 fully saturated rings. The molecule has 2 atom stereocenters. The molecule has 0 radical (unpaired) electrons. The summed E-state index contributed by atoms with van der Waals surface area (Å²) >= 11 is 0. The van der Waals surface area contributed by atoms with Crippen LogP contribution in [0.5, 0.6) is 0 Å². The lowest BCUT2D eigenvalue weighted by atomic mass is 10.2. The minimum Gasteiger partial charge on any atom is -0.336 e. The Bertz CT molecular complexity index is 701. The summed E-state index contributed by atoms with van der Waals surface area (Å²) in [6.07, 6.45) is 2.22. The highest BCUT2D eigenvalue weighted by atomic mass is 31.2. The van der Waals surface area contributed by atoms with Gasteiger partial charge in [0.1, 0.15) is 0 Å². The highest BCUT2D eigenvalue weighted by Gasteiger charge is 2.25. The quantitative estimate of drug-likeness (QED) is 0.500. The second-order valence-electron chi connectivity index (χ2n) is 4.41. The van der Waals surface area contributed by atoms with Crippen LogP contribution in [-0.4, -0.2) is 32.0 Å². The topological polar surface area (TPSA) is 131 Å². The summed E-state index contributed by atoms with van der Waals surface area (Å²) in [6.45, 7) is 1.77. The second kappa shape index (κ2) is 6.08. The maximum absolute atomic E-state index is 11.7. The van der Waals surface area contributed by atoms with Crippen LogP contribution in [0.1, 0.15) is 18.7 Å². The molecule has 0 bridgehead atoms. The van der Waals surface area contributed by atoms with Crippen molar-refractivity contribution >= 4 is 7.60 Å². The van der Waals surface area contributed by atoms with Crippen molar-refractivity contribution in [2.45, 2.75) is 25.9 Å². The Hall–Kier alpha value is -1.51. The zero-order chi connectivity index (χ0) is 15.6. The molecule has 10 heteroatoms. The van der Waals surface area contributed by atoms with Crippen LogP contribution in [0.4, 0.5) is 0 Å². The lowest BCUT2D eigenvalue weighted by Crippen LogP contribution is -2.34. The number of aryl methyl sites for hydroxylation is 1. The molecule has 0 spiro atoms. The Balaban J connectivity index is 2.12. The fraction of sp³-hybridized carbons (Fsp3) is 0.455. The average Bonchev–Trinajstić information content (AvgIpc) is 2.84. The van der Waals surface area contributed by atoms with Crippen LogP contribution < -0.4 is 11.2 Å². The van der Waals surface area contributed by atoms with Crippen molar-refractivity contribution in [3.63, 3.8) is 0 Å². The van der Waals surface area contributed by atoms with Crippen LogP contribution in [0.25, 0.3) is 0 Å². The molecule has 0 aliphatic carbocycles. The fourth-order valence-corrected chi connectivity index (χ4v) is 2.15. The number of ether oxygens (including phenoxy) is 2.